The lowest BCUT2D eigenvalue weighted by Crippen LogP contribution is -2.39. The van der Waals surface area contributed by atoms with E-state index >= 15 is 0 Å². The van der Waals surface area contributed by atoms with Gasteiger partial charge in [0.2, 0.25) is 5.88 Å². The van der Waals surface area contributed by atoms with E-state index in [4.69, 9.17) is 14.5 Å². The molecule has 2 aliphatic heterocycles. The van der Waals surface area contributed by atoms with Crippen LogP contribution in [0.4, 0.5) is 5.82 Å². The van der Waals surface area contributed by atoms with E-state index in [2.05, 4.69) is 9.88 Å². The van der Waals surface area contributed by atoms with Crippen LogP contribution in [0, 0.1) is 13.8 Å². The Labute approximate surface area is 176 Å². The van der Waals surface area contributed by atoms with Crippen LogP contribution in [-0.2, 0) is 0 Å². The zero-order valence-corrected chi connectivity index (χ0v) is 17.9. The Kier molecular flexibility index (Phi) is 5.51. The van der Waals surface area contributed by atoms with Gasteiger partial charge in [0.1, 0.15) is 17.7 Å². The minimum Gasteiger partial charge on any atom is -0.489 e. The third kappa shape index (κ3) is 3.45. The normalized spacial score (nSPS) is 19.2. The van der Waals surface area contributed by atoms with Gasteiger partial charge in [-0.1, -0.05) is 0 Å². The first-order valence-electron chi connectivity index (χ1n) is 10.2. The quantitative estimate of drug-likeness (QED) is 0.806. The van der Waals surface area contributed by atoms with Crippen molar-refractivity contribution in [3.63, 3.8) is 0 Å². The third-order valence-electron chi connectivity index (χ3n) is 6.21. The van der Waals surface area contributed by atoms with Gasteiger partial charge in [0, 0.05) is 39.0 Å². The molecule has 4 rings (SSSR count). The molecule has 2 aromatic rings. The topological polar surface area (TPSA) is 88.0 Å². The van der Waals surface area contributed by atoms with Crippen molar-refractivity contribution in [3.05, 3.63) is 40.7 Å². The van der Waals surface area contributed by atoms with Crippen LogP contribution < -0.4 is 14.4 Å². The summed E-state index contributed by atoms with van der Waals surface area (Å²) < 4.78 is 11.2. The van der Waals surface area contributed by atoms with Gasteiger partial charge in [0.05, 0.1) is 37.2 Å². The summed E-state index contributed by atoms with van der Waals surface area (Å²) in [5.74, 6) is 2.14. The van der Waals surface area contributed by atoms with Crippen LogP contribution >= 0.6 is 0 Å². The number of aromatic nitrogens is 2. The number of fused-ring (bicyclic) bond motifs is 1. The number of nitrogens with zero attached hydrogens (tertiary/aromatic N) is 4. The van der Waals surface area contributed by atoms with E-state index in [9.17, 15) is 9.90 Å². The molecular formula is C22H28N4O4. The van der Waals surface area contributed by atoms with Gasteiger partial charge in [0.15, 0.2) is 0 Å². The summed E-state index contributed by atoms with van der Waals surface area (Å²) in [6.07, 6.45) is 3.53. The predicted octanol–water partition coefficient (Wildman–Crippen LogP) is 2.27. The van der Waals surface area contributed by atoms with Crippen LogP contribution in [0.15, 0.2) is 18.3 Å². The minimum absolute atomic E-state index is 0.0658. The van der Waals surface area contributed by atoms with Crippen molar-refractivity contribution in [2.24, 2.45) is 0 Å². The number of aliphatic hydroxyl groups is 1. The summed E-state index contributed by atoms with van der Waals surface area (Å²) in [5, 5.41) is 9.79. The molecule has 160 valence electrons. The lowest BCUT2D eigenvalue weighted by molar-refractivity contribution is 0.0714. The number of rotatable bonds is 5. The molecule has 2 aromatic heterocycles. The third-order valence-corrected chi connectivity index (χ3v) is 6.21. The first-order valence-corrected chi connectivity index (χ1v) is 10.2. The van der Waals surface area contributed by atoms with Crippen LogP contribution in [0.3, 0.4) is 0 Å². The number of hydrogen-bond acceptors (Lipinski definition) is 7. The fraction of sp³-hybridized carbons (Fsp3) is 0.500. The van der Waals surface area contributed by atoms with E-state index in [0.717, 1.165) is 48.6 Å². The largest absolute Gasteiger partial charge is 0.489 e. The van der Waals surface area contributed by atoms with Crippen molar-refractivity contribution in [2.45, 2.75) is 38.8 Å². The number of hydrogen-bond donors (Lipinski definition) is 1. The fourth-order valence-corrected chi connectivity index (χ4v) is 4.27. The number of ether oxygens (including phenoxy) is 2. The lowest BCUT2D eigenvalue weighted by atomic mass is 10.00. The maximum absolute atomic E-state index is 12.6. The second kappa shape index (κ2) is 8.10. The zero-order chi connectivity index (χ0) is 21.4. The van der Waals surface area contributed by atoms with Gasteiger partial charge in [-0.25, -0.2) is 9.97 Å². The number of anilines is 1. The van der Waals surface area contributed by atoms with Crippen LogP contribution in [0.2, 0.25) is 0 Å². The molecule has 0 unspecified atom stereocenters. The Balaban J connectivity index is 1.49. The molecule has 2 aliphatic rings. The number of aliphatic hydroxyl groups excluding tert-OH is 1. The average molecular weight is 412 g/mol. The van der Waals surface area contributed by atoms with Gasteiger partial charge in [-0.05, 0) is 31.0 Å². The highest BCUT2D eigenvalue weighted by Gasteiger charge is 2.38. The second-order valence-electron chi connectivity index (χ2n) is 7.90. The van der Waals surface area contributed by atoms with Crippen LogP contribution in [0.1, 0.15) is 46.1 Å². The van der Waals surface area contributed by atoms with E-state index in [0.29, 0.717) is 17.1 Å². The molecule has 8 nitrogen and oxygen atoms in total. The SMILES string of the molecule is COc1ccc(OC2CCN(c3nc4c(c(C)c3C)C(=O)N(C)[C@H]4CO)CC2)cn1. The van der Waals surface area contributed by atoms with Crippen molar-refractivity contribution < 1.29 is 19.4 Å². The molecule has 1 atom stereocenters. The smallest absolute Gasteiger partial charge is 0.256 e. The molecule has 0 spiro atoms. The van der Waals surface area contributed by atoms with Crippen molar-refractivity contribution >= 4 is 11.7 Å². The molecule has 1 amide bonds. The van der Waals surface area contributed by atoms with Gasteiger partial charge < -0.3 is 24.4 Å². The number of amides is 1. The lowest BCUT2D eigenvalue weighted by Gasteiger charge is -2.34. The summed E-state index contributed by atoms with van der Waals surface area (Å²) in [7, 11) is 3.31. The summed E-state index contributed by atoms with van der Waals surface area (Å²) in [6.45, 7) is 5.48. The number of pyridine rings is 2. The first-order chi connectivity index (χ1) is 14.4. The Hall–Kier alpha value is -2.87. The number of carbonyl (C=O) groups is 1. The van der Waals surface area contributed by atoms with Gasteiger partial charge >= 0.3 is 0 Å². The molecule has 0 aliphatic carbocycles. The van der Waals surface area contributed by atoms with Gasteiger partial charge in [-0.2, -0.15) is 0 Å². The Bertz CT molecular complexity index is 939. The Morgan fingerprint density at radius 3 is 2.53 bits per heavy atom. The molecule has 30 heavy (non-hydrogen) atoms. The summed E-state index contributed by atoms with van der Waals surface area (Å²) in [6, 6.07) is 3.28. The summed E-state index contributed by atoms with van der Waals surface area (Å²) in [5.41, 5.74) is 3.30. The summed E-state index contributed by atoms with van der Waals surface area (Å²) >= 11 is 0. The fourth-order valence-electron chi connectivity index (χ4n) is 4.27. The maximum Gasteiger partial charge on any atom is 0.256 e. The number of piperidine rings is 1. The average Bonchev–Trinajstić information content (AvgIpc) is 3.01. The minimum atomic E-state index is -0.381. The molecule has 1 fully saturated rings. The van der Waals surface area contributed by atoms with Crippen LogP contribution in [0.5, 0.6) is 11.6 Å². The highest BCUT2D eigenvalue weighted by molar-refractivity contribution is 6.00. The highest BCUT2D eigenvalue weighted by Crippen LogP contribution is 2.37. The Morgan fingerprint density at radius 2 is 1.93 bits per heavy atom. The van der Waals surface area contributed by atoms with E-state index in [1.165, 1.54) is 0 Å². The molecule has 1 saturated heterocycles. The molecule has 0 saturated carbocycles. The number of methoxy groups -OCH3 is 1. The standard InChI is InChI=1S/C22H28N4O4/c1-13-14(2)21(24-20-17(12-27)25(3)22(28)19(13)20)26-9-7-15(8-10-26)30-16-5-6-18(29-4)23-11-16/h5-6,11,15,17,27H,7-10,12H2,1-4H3/t17-/m0/s1. The van der Waals surface area contributed by atoms with Gasteiger partial charge in [0.25, 0.3) is 5.91 Å². The first kappa shape index (κ1) is 20.4. The molecule has 4 heterocycles. The number of likely N-dealkylation sites (N-methyl/N-ethyl adjacent to an activating group) is 1. The van der Waals surface area contributed by atoms with Crippen LogP contribution in [0.25, 0.3) is 0 Å². The molecule has 0 radical (unpaired) electrons. The van der Waals surface area contributed by atoms with Crippen molar-refractivity contribution in [3.8, 4) is 11.6 Å². The van der Waals surface area contributed by atoms with E-state index in [1.54, 1.807) is 31.3 Å². The highest BCUT2D eigenvalue weighted by atomic mass is 16.5. The summed E-state index contributed by atoms with van der Waals surface area (Å²) in [4.78, 5) is 25.5. The second-order valence-corrected chi connectivity index (χ2v) is 7.90. The van der Waals surface area contributed by atoms with E-state index < -0.39 is 0 Å². The Morgan fingerprint density at radius 1 is 1.20 bits per heavy atom. The molecule has 0 bridgehead atoms. The van der Waals surface area contributed by atoms with Gasteiger partial charge in [-0.15, -0.1) is 0 Å². The molecule has 1 N–H and O–H groups in total. The monoisotopic (exact) mass is 412 g/mol. The maximum atomic E-state index is 12.6. The molecule has 0 aromatic carbocycles. The predicted molar refractivity (Wildman–Crippen MR) is 112 cm³/mol. The molecular weight excluding hydrogens is 384 g/mol. The van der Waals surface area contributed by atoms with Gasteiger partial charge in [-0.3, -0.25) is 4.79 Å². The van der Waals surface area contributed by atoms with Crippen molar-refractivity contribution in [1.82, 2.24) is 14.9 Å². The van der Waals surface area contributed by atoms with Crippen molar-refractivity contribution in [2.75, 3.05) is 38.8 Å². The van der Waals surface area contributed by atoms with E-state index in [1.807, 2.05) is 19.9 Å². The zero-order valence-electron chi connectivity index (χ0n) is 17.9. The van der Waals surface area contributed by atoms with Crippen molar-refractivity contribution in [1.29, 1.82) is 0 Å². The van der Waals surface area contributed by atoms with Crippen LogP contribution in [-0.4, -0.2) is 65.8 Å². The number of carbonyl (C=O) groups excluding carboxylic acids is 1. The van der Waals surface area contributed by atoms with E-state index in [-0.39, 0.29) is 24.7 Å². The molecule has 8 heteroatoms.